The van der Waals surface area contributed by atoms with Crippen LogP contribution in [0.1, 0.15) is 11.1 Å². The minimum absolute atomic E-state index is 0.217. The van der Waals surface area contributed by atoms with Crippen molar-refractivity contribution in [2.24, 2.45) is 0 Å². The van der Waals surface area contributed by atoms with Gasteiger partial charge in [0.25, 0.3) is 11.8 Å². The van der Waals surface area contributed by atoms with Crippen LogP contribution >= 0.6 is 39.1 Å². The van der Waals surface area contributed by atoms with Gasteiger partial charge in [0.1, 0.15) is 12.2 Å². The van der Waals surface area contributed by atoms with Crippen molar-refractivity contribution in [3.05, 3.63) is 97.9 Å². The minimum Gasteiger partial charge on any atom is -0.486 e. The van der Waals surface area contributed by atoms with Gasteiger partial charge in [0.15, 0.2) is 5.75 Å². The molecule has 4 amide bonds. The van der Waals surface area contributed by atoms with Crippen molar-refractivity contribution in [1.82, 2.24) is 5.32 Å². The Morgan fingerprint density at radius 3 is 2.33 bits per heavy atom. The van der Waals surface area contributed by atoms with Gasteiger partial charge in [-0.3, -0.25) is 14.9 Å². The van der Waals surface area contributed by atoms with E-state index in [0.717, 1.165) is 10.5 Å². The normalized spacial score (nSPS) is 15.1. The molecule has 4 rings (SSSR count). The Morgan fingerprint density at radius 1 is 0.970 bits per heavy atom. The summed E-state index contributed by atoms with van der Waals surface area (Å²) in [6.45, 7) is 0.318. The van der Waals surface area contributed by atoms with Crippen LogP contribution < -0.4 is 15.0 Å². The van der Waals surface area contributed by atoms with E-state index in [1.54, 1.807) is 24.3 Å². The Hall–Kier alpha value is -3.13. The summed E-state index contributed by atoms with van der Waals surface area (Å²) in [5.41, 5.74) is 1.51. The molecule has 0 bridgehead atoms. The van der Waals surface area contributed by atoms with Gasteiger partial charge in [-0.1, -0.05) is 53.5 Å². The van der Waals surface area contributed by atoms with Crippen molar-refractivity contribution in [2.75, 3.05) is 4.90 Å². The molecule has 0 aliphatic carbocycles. The number of imide groups is 2. The summed E-state index contributed by atoms with van der Waals surface area (Å²) in [7, 11) is 0. The molecule has 0 radical (unpaired) electrons. The number of nitrogens with one attached hydrogen (secondary N) is 1. The van der Waals surface area contributed by atoms with E-state index in [1.807, 2.05) is 30.3 Å². The number of hydrogen-bond acceptors (Lipinski definition) is 4. The third-order valence-corrected chi connectivity index (χ3v) is 5.87. The zero-order valence-electron chi connectivity index (χ0n) is 16.8. The Balaban J connectivity index is 1.61. The quantitative estimate of drug-likeness (QED) is 0.315. The molecule has 3 aromatic rings. The predicted octanol–water partition coefficient (Wildman–Crippen LogP) is 6.00. The molecular formula is C24H15BrCl2N2O4. The van der Waals surface area contributed by atoms with Crippen LogP contribution in [0.5, 0.6) is 5.75 Å². The SMILES string of the molecule is O=C1NC(=O)N(c2ccc(Cl)cc2)C(=O)/C1=C/c1cc(Cl)c(OCc2ccccc2)c(Br)c1. The fourth-order valence-electron chi connectivity index (χ4n) is 3.18. The molecule has 9 heteroatoms. The average molecular weight is 546 g/mol. The Kier molecular flexibility index (Phi) is 6.83. The van der Waals surface area contributed by atoms with Crippen LogP contribution in [0.25, 0.3) is 6.08 Å². The van der Waals surface area contributed by atoms with E-state index < -0.39 is 17.8 Å². The highest BCUT2D eigenvalue weighted by Gasteiger charge is 2.36. The van der Waals surface area contributed by atoms with Crippen LogP contribution in [-0.4, -0.2) is 17.8 Å². The number of anilines is 1. The standard InChI is InChI=1S/C24H15BrCl2N2O4/c25-19-11-15(12-20(27)21(19)33-13-14-4-2-1-3-5-14)10-18-22(30)28-24(32)29(23(18)31)17-8-6-16(26)7-9-17/h1-12H,13H2,(H,28,30,32)/b18-10+. The number of hydrogen-bond donors (Lipinski definition) is 1. The summed E-state index contributed by atoms with van der Waals surface area (Å²) in [6, 6.07) is 18.1. The molecule has 1 heterocycles. The summed E-state index contributed by atoms with van der Waals surface area (Å²) in [5.74, 6) is -1.13. The van der Waals surface area contributed by atoms with Gasteiger partial charge in [-0.2, -0.15) is 0 Å². The van der Waals surface area contributed by atoms with Crippen molar-refractivity contribution < 1.29 is 19.1 Å². The molecule has 0 unspecified atom stereocenters. The first-order valence-electron chi connectivity index (χ1n) is 9.66. The highest BCUT2D eigenvalue weighted by Crippen LogP contribution is 2.36. The maximum Gasteiger partial charge on any atom is 0.335 e. The van der Waals surface area contributed by atoms with E-state index in [9.17, 15) is 14.4 Å². The topological polar surface area (TPSA) is 75.7 Å². The number of ether oxygens (including phenoxy) is 1. The van der Waals surface area contributed by atoms with Crippen LogP contribution in [-0.2, 0) is 16.2 Å². The van der Waals surface area contributed by atoms with Crippen molar-refractivity contribution in [1.29, 1.82) is 0 Å². The average Bonchev–Trinajstić information content (AvgIpc) is 2.78. The van der Waals surface area contributed by atoms with Gasteiger partial charge in [-0.25, -0.2) is 9.69 Å². The number of barbiturate groups is 1. The minimum atomic E-state index is -0.839. The number of urea groups is 1. The Labute approximate surface area is 207 Å². The first-order valence-corrected chi connectivity index (χ1v) is 11.2. The van der Waals surface area contributed by atoms with Crippen LogP contribution in [0.3, 0.4) is 0 Å². The van der Waals surface area contributed by atoms with Gasteiger partial charge in [0.05, 0.1) is 15.2 Å². The van der Waals surface area contributed by atoms with Crippen molar-refractivity contribution in [3.63, 3.8) is 0 Å². The second-order valence-corrected chi connectivity index (χ2v) is 8.72. The second-order valence-electron chi connectivity index (χ2n) is 7.02. The third-order valence-electron chi connectivity index (χ3n) is 4.74. The lowest BCUT2D eigenvalue weighted by Crippen LogP contribution is -2.54. The zero-order chi connectivity index (χ0) is 23.5. The number of benzene rings is 3. The van der Waals surface area contributed by atoms with Crippen molar-refractivity contribution >= 4 is 68.7 Å². The number of halogens is 3. The number of carbonyl (C=O) groups excluding carboxylic acids is 3. The number of nitrogens with zero attached hydrogens (tertiary/aromatic N) is 1. The summed E-state index contributed by atoms with van der Waals surface area (Å²) in [4.78, 5) is 38.6. The monoisotopic (exact) mass is 544 g/mol. The summed E-state index contributed by atoms with van der Waals surface area (Å²) in [6.07, 6.45) is 1.37. The molecule has 0 saturated carbocycles. The van der Waals surface area contributed by atoms with E-state index >= 15 is 0 Å². The molecule has 0 atom stereocenters. The lowest BCUT2D eigenvalue weighted by atomic mass is 10.1. The van der Waals surface area contributed by atoms with Crippen molar-refractivity contribution in [3.8, 4) is 5.75 Å². The lowest BCUT2D eigenvalue weighted by Gasteiger charge is -2.26. The van der Waals surface area contributed by atoms with Gasteiger partial charge in [0, 0.05) is 5.02 Å². The highest BCUT2D eigenvalue weighted by atomic mass is 79.9. The molecule has 0 spiro atoms. The number of carbonyl (C=O) groups is 3. The van der Waals surface area contributed by atoms with Crippen molar-refractivity contribution in [2.45, 2.75) is 6.61 Å². The molecule has 1 aliphatic heterocycles. The molecule has 1 fully saturated rings. The zero-order valence-corrected chi connectivity index (χ0v) is 19.9. The van der Waals surface area contributed by atoms with E-state index in [1.165, 1.54) is 18.2 Å². The first-order chi connectivity index (χ1) is 15.8. The van der Waals surface area contributed by atoms with Gasteiger partial charge >= 0.3 is 6.03 Å². The highest BCUT2D eigenvalue weighted by molar-refractivity contribution is 9.10. The third kappa shape index (κ3) is 5.11. The van der Waals surface area contributed by atoms with Gasteiger partial charge < -0.3 is 4.74 Å². The van der Waals surface area contributed by atoms with Crippen LogP contribution in [0.4, 0.5) is 10.5 Å². The largest absolute Gasteiger partial charge is 0.486 e. The maximum atomic E-state index is 13.0. The second kappa shape index (κ2) is 9.79. The van der Waals surface area contributed by atoms with E-state index in [-0.39, 0.29) is 11.3 Å². The Morgan fingerprint density at radius 2 is 1.67 bits per heavy atom. The first kappa shape index (κ1) is 23.0. The number of rotatable bonds is 5. The molecule has 1 saturated heterocycles. The Bertz CT molecular complexity index is 1250. The van der Waals surface area contributed by atoms with E-state index in [2.05, 4.69) is 21.2 Å². The van der Waals surface area contributed by atoms with Gasteiger partial charge in [-0.05, 0) is 69.5 Å². The van der Waals surface area contributed by atoms with Crippen LogP contribution in [0, 0.1) is 0 Å². The molecule has 0 aromatic heterocycles. The van der Waals surface area contributed by atoms with Gasteiger partial charge in [0.2, 0.25) is 0 Å². The van der Waals surface area contributed by atoms with Crippen LogP contribution in [0.2, 0.25) is 10.0 Å². The molecule has 33 heavy (non-hydrogen) atoms. The maximum absolute atomic E-state index is 13.0. The summed E-state index contributed by atoms with van der Waals surface area (Å²) < 4.78 is 6.38. The molecular weight excluding hydrogens is 531 g/mol. The fraction of sp³-hybridized carbons (Fsp3) is 0.0417. The van der Waals surface area contributed by atoms with Gasteiger partial charge in [-0.15, -0.1) is 0 Å². The smallest absolute Gasteiger partial charge is 0.335 e. The fourth-order valence-corrected chi connectivity index (χ4v) is 4.29. The molecule has 3 aromatic carbocycles. The summed E-state index contributed by atoms with van der Waals surface area (Å²) in [5, 5.41) is 2.92. The predicted molar refractivity (Wildman–Crippen MR) is 130 cm³/mol. The number of amides is 4. The molecule has 166 valence electrons. The lowest BCUT2D eigenvalue weighted by molar-refractivity contribution is -0.122. The molecule has 6 nitrogen and oxygen atoms in total. The van der Waals surface area contributed by atoms with Crippen LogP contribution in [0.15, 0.2) is 76.8 Å². The van der Waals surface area contributed by atoms with E-state index in [0.29, 0.717) is 32.4 Å². The van der Waals surface area contributed by atoms with E-state index in [4.69, 9.17) is 27.9 Å². The molecule has 1 aliphatic rings. The summed E-state index contributed by atoms with van der Waals surface area (Å²) >= 11 is 15.7. The molecule has 1 N–H and O–H groups in total.